The Morgan fingerprint density at radius 1 is 1.32 bits per heavy atom. The van der Waals surface area contributed by atoms with Crippen LogP contribution >= 0.6 is 35.0 Å². The highest BCUT2D eigenvalue weighted by Crippen LogP contribution is 2.39. The number of carbonyl (C=O) groups is 1. The maximum Gasteiger partial charge on any atom is 0.256 e. The summed E-state index contributed by atoms with van der Waals surface area (Å²) in [6.45, 7) is 3.75. The summed E-state index contributed by atoms with van der Waals surface area (Å²) in [6, 6.07) is 5.00. The number of carbonyl (C=O) groups excluding carboxylic acids is 1. The molecule has 7 heteroatoms. The Hall–Kier alpha value is -1.30. The molecule has 1 atom stereocenters. The Morgan fingerprint density at radius 2 is 2.04 bits per heavy atom. The van der Waals surface area contributed by atoms with Crippen LogP contribution in [0.3, 0.4) is 0 Å². The molecule has 1 aromatic heterocycles. The number of halogens is 2. The summed E-state index contributed by atoms with van der Waals surface area (Å²) in [6.07, 6.45) is 4.19. The van der Waals surface area contributed by atoms with Crippen molar-refractivity contribution in [3.05, 3.63) is 50.9 Å². The molecule has 1 heterocycles. The van der Waals surface area contributed by atoms with Gasteiger partial charge in [0.05, 0.1) is 17.3 Å². The molecule has 0 unspecified atom stereocenters. The third-order valence-corrected chi connectivity index (χ3v) is 5.46. The zero-order valence-electron chi connectivity index (χ0n) is 14.3. The van der Waals surface area contributed by atoms with Gasteiger partial charge in [0.25, 0.3) is 5.91 Å². The first-order valence-corrected chi connectivity index (χ1v) is 10.1. The number of nitrogens with one attached hydrogen (secondary N) is 1. The smallest absolute Gasteiger partial charge is 0.256 e. The first-order chi connectivity index (χ1) is 11.9. The van der Waals surface area contributed by atoms with Crippen molar-refractivity contribution in [3.63, 3.8) is 0 Å². The largest absolute Gasteiger partial charge is 0.345 e. The fraction of sp³-hybridized carbons (Fsp3) is 0.389. The number of nitrogens with zero attached hydrogens (tertiary/aromatic N) is 2. The van der Waals surface area contributed by atoms with Crippen molar-refractivity contribution in [1.29, 1.82) is 0 Å². The van der Waals surface area contributed by atoms with Gasteiger partial charge in [-0.25, -0.2) is 9.97 Å². The van der Waals surface area contributed by atoms with E-state index in [2.05, 4.69) is 15.3 Å². The molecule has 25 heavy (non-hydrogen) atoms. The molecule has 132 valence electrons. The van der Waals surface area contributed by atoms with E-state index < -0.39 is 0 Å². The summed E-state index contributed by atoms with van der Waals surface area (Å²) >= 11 is 13.6. The maximum atomic E-state index is 12.8. The summed E-state index contributed by atoms with van der Waals surface area (Å²) in [7, 11) is 0. The molecule has 1 N–H and O–H groups in total. The van der Waals surface area contributed by atoms with Crippen LogP contribution in [0.25, 0.3) is 0 Å². The Labute approximate surface area is 161 Å². The molecule has 0 bridgehead atoms. The first-order valence-electron chi connectivity index (χ1n) is 8.09. The van der Waals surface area contributed by atoms with Gasteiger partial charge in [-0.2, -0.15) is 0 Å². The van der Waals surface area contributed by atoms with E-state index in [1.807, 2.05) is 26.2 Å². The lowest BCUT2D eigenvalue weighted by Gasteiger charge is -2.18. The number of aromatic nitrogens is 2. The van der Waals surface area contributed by atoms with E-state index in [4.69, 9.17) is 23.2 Å². The molecule has 1 fully saturated rings. The van der Waals surface area contributed by atoms with Crippen LogP contribution in [-0.2, 0) is 0 Å². The summed E-state index contributed by atoms with van der Waals surface area (Å²) in [5.41, 5.74) is 2.07. The number of amides is 1. The van der Waals surface area contributed by atoms with E-state index in [0.29, 0.717) is 27.2 Å². The van der Waals surface area contributed by atoms with Gasteiger partial charge in [-0.15, -0.1) is 11.8 Å². The van der Waals surface area contributed by atoms with Crippen LogP contribution in [0.5, 0.6) is 0 Å². The van der Waals surface area contributed by atoms with E-state index in [1.54, 1.807) is 12.1 Å². The van der Waals surface area contributed by atoms with Crippen molar-refractivity contribution in [2.24, 2.45) is 0 Å². The summed E-state index contributed by atoms with van der Waals surface area (Å²) in [5.74, 6) is 1.11. The Morgan fingerprint density at radius 3 is 2.64 bits per heavy atom. The highest BCUT2D eigenvalue weighted by Gasteiger charge is 2.29. The number of hydrogen-bond acceptors (Lipinski definition) is 4. The molecule has 3 rings (SSSR count). The van der Waals surface area contributed by atoms with Crippen molar-refractivity contribution in [2.45, 2.75) is 43.7 Å². The van der Waals surface area contributed by atoms with Gasteiger partial charge in [0.2, 0.25) is 0 Å². The first kappa shape index (κ1) is 18.5. The number of benzene rings is 1. The third kappa shape index (κ3) is 4.10. The van der Waals surface area contributed by atoms with Crippen LogP contribution in [0.1, 0.15) is 59.2 Å². The van der Waals surface area contributed by atoms with Crippen molar-refractivity contribution >= 4 is 40.9 Å². The topological polar surface area (TPSA) is 54.9 Å². The van der Waals surface area contributed by atoms with Crippen LogP contribution in [0.4, 0.5) is 0 Å². The summed E-state index contributed by atoms with van der Waals surface area (Å²) in [4.78, 5) is 22.0. The van der Waals surface area contributed by atoms with Gasteiger partial charge < -0.3 is 5.32 Å². The lowest BCUT2D eigenvalue weighted by atomic mass is 10.1. The molecule has 1 amide bonds. The third-order valence-electron chi connectivity index (χ3n) is 4.21. The normalized spacial score (nSPS) is 15.1. The monoisotopic (exact) mass is 395 g/mol. The minimum Gasteiger partial charge on any atom is -0.345 e. The SMILES string of the molecule is CSc1nc(C2CC2)nc(C)c1C(=O)N[C@H](C)c1ccc(Cl)cc1Cl. The molecule has 0 saturated heterocycles. The Balaban J connectivity index is 1.85. The van der Waals surface area contributed by atoms with E-state index in [-0.39, 0.29) is 11.9 Å². The van der Waals surface area contributed by atoms with Gasteiger partial charge in [0.15, 0.2) is 0 Å². The zero-order chi connectivity index (χ0) is 18.1. The van der Waals surface area contributed by atoms with Gasteiger partial charge in [-0.05, 0) is 50.6 Å². The molecule has 1 saturated carbocycles. The average Bonchev–Trinajstić information content (AvgIpc) is 3.38. The summed E-state index contributed by atoms with van der Waals surface area (Å²) in [5, 5.41) is 4.81. The van der Waals surface area contributed by atoms with E-state index in [0.717, 1.165) is 29.3 Å². The molecule has 0 aliphatic heterocycles. The van der Waals surface area contributed by atoms with Gasteiger partial charge in [0, 0.05) is 16.0 Å². The van der Waals surface area contributed by atoms with Gasteiger partial charge in [-0.3, -0.25) is 4.79 Å². The van der Waals surface area contributed by atoms with Gasteiger partial charge >= 0.3 is 0 Å². The van der Waals surface area contributed by atoms with Crippen LogP contribution in [0, 0.1) is 6.92 Å². The fourth-order valence-electron chi connectivity index (χ4n) is 2.70. The van der Waals surface area contributed by atoms with E-state index in [1.165, 1.54) is 11.8 Å². The average molecular weight is 396 g/mol. The highest BCUT2D eigenvalue weighted by molar-refractivity contribution is 7.98. The number of hydrogen-bond donors (Lipinski definition) is 1. The molecule has 1 aliphatic carbocycles. The molecule has 4 nitrogen and oxygen atoms in total. The summed E-state index contributed by atoms with van der Waals surface area (Å²) < 4.78 is 0. The molecule has 2 aromatic rings. The molecule has 0 spiro atoms. The van der Waals surface area contributed by atoms with Crippen molar-refractivity contribution in [1.82, 2.24) is 15.3 Å². The Bertz CT molecular complexity index is 824. The molecule has 1 aliphatic rings. The minimum atomic E-state index is -0.255. The predicted octanol–water partition coefficient (Wildman–Crippen LogP) is 5.18. The fourth-order valence-corrected chi connectivity index (χ4v) is 3.90. The van der Waals surface area contributed by atoms with Crippen LogP contribution < -0.4 is 5.32 Å². The standard InChI is InChI=1S/C18H19Cl2N3OS/c1-9(13-7-6-12(19)8-14(13)20)22-17(24)15-10(2)21-16(11-4-5-11)23-18(15)25-3/h6-9,11H,4-5H2,1-3H3,(H,22,24)/t9-/m1/s1. The highest BCUT2D eigenvalue weighted by atomic mass is 35.5. The van der Waals surface area contributed by atoms with E-state index >= 15 is 0 Å². The molecular weight excluding hydrogens is 377 g/mol. The number of thioether (sulfide) groups is 1. The quantitative estimate of drug-likeness (QED) is 0.559. The van der Waals surface area contributed by atoms with Crippen LogP contribution in [-0.4, -0.2) is 22.1 Å². The predicted molar refractivity (Wildman–Crippen MR) is 103 cm³/mol. The maximum absolute atomic E-state index is 12.8. The minimum absolute atomic E-state index is 0.192. The van der Waals surface area contributed by atoms with Crippen molar-refractivity contribution in [3.8, 4) is 0 Å². The number of aryl methyl sites for hydroxylation is 1. The van der Waals surface area contributed by atoms with Gasteiger partial charge in [0.1, 0.15) is 10.9 Å². The van der Waals surface area contributed by atoms with Crippen molar-refractivity contribution in [2.75, 3.05) is 6.26 Å². The molecule has 1 aromatic carbocycles. The second-order valence-electron chi connectivity index (χ2n) is 6.19. The lowest BCUT2D eigenvalue weighted by Crippen LogP contribution is -2.28. The van der Waals surface area contributed by atoms with Crippen LogP contribution in [0.15, 0.2) is 23.2 Å². The second kappa shape index (κ2) is 7.52. The Kier molecular flexibility index (Phi) is 5.56. The van der Waals surface area contributed by atoms with Crippen LogP contribution in [0.2, 0.25) is 10.0 Å². The molecule has 0 radical (unpaired) electrons. The number of rotatable bonds is 5. The second-order valence-corrected chi connectivity index (χ2v) is 7.83. The van der Waals surface area contributed by atoms with E-state index in [9.17, 15) is 4.79 Å². The molecular formula is C18H19Cl2N3OS. The zero-order valence-corrected chi connectivity index (χ0v) is 16.6. The van der Waals surface area contributed by atoms with Gasteiger partial charge in [-0.1, -0.05) is 29.3 Å². The lowest BCUT2D eigenvalue weighted by molar-refractivity contribution is 0.0935. The van der Waals surface area contributed by atoms with Crippen molar-refractivity contribution < 1.29 is 4.79 Å².